The van der Waals surface area contributed by atoms with E-state index in [1.54, 1.807) is 0 Å². The van der Waals surface area contributed by atoms with Crippen molar-refractivity contribution in [3.8, 4) is 5.75 Å². The lowest BCUT2D eigenvalue weighted by atomic mass is 9.99. The van der Waals surface area contributed by atoms with Crippen molar-refractivity contribution in [2.75, 3.05) is 32.7 Å². The number of aliphatic carboxylic acids is 3. The number of aliphatic hydroxyl groups is 1. The van der Waals surface area contributed by atoms with Crippen LogP contribution in [0.4, 0.5) is 0 Å². The predicted molar refractivity (Wildman–Crippen MR) is 431 cm³/mol. The number of nitrogens with two attached hydrogens (primary N) is 7. The Kier molecular flexibility index (Phi) is 46.5. The van der Waals surface area contributed by atoms with Gasteiger partial charge in [-0.2, -0.15) is 0 Å². The minimum absolute atomic E-state index is 0.0168. The van der Waals surface area contributed by atoms with Crippen LogP contribution in [0.3, 0.4) is 0 Å². The molecule has 0 aliphatic carbocycles. The Morgan fingerprint density at radius 3 is 1.26 bits per heavy atom. The monoisotopic (exact) mass is 1670 g/mol. The van der Waals surface area contributed by atoms with E-state index in [0.29, 0.717) is 31.2 Å². The molecule has 0 radical (unpaired) electrons. The Balaban J connectivity index is 2.54. The van der Waals surface area contributed by atoms with Crippen molar-refractivity contribution >= 4 is 107 Å². The van der Waals surface area contributed by atoms with Crippen LogP contribution in [0.5, 0.6) is 5.75 Å². The number of nitrogens with zero attached hydrogens (tertiary/aromatic N) is 3. The van der Waals surface area contributed by atoms with Crippen LogP contribution in [0.2, 0.25) is 0 Å². The topological polar surface area (TPSA) is 729 Å². The zero-order valence-electron chi connectivity index (χ0n) is 68.8. The molecular formula is C75H128N22O21. The normalized spacial score (nSPS) is 16.1. The summed E-state index contributed by atoms with van der Waals surface area (Å²) in [5.41, 5.74) is 40.4. The van der Waals surface area contributed by atoms with E-state index >= 15 is 0 Å². The highest BCUT2D eigenvalue weighted by molar-refractivity contribution is 6.00. The molecule has 1 saturated heterocycles. The highest BCUT2D eigenvalue weighted by Crippen LogP contribution is 2.22. The average molecular weight is 1670 g/mol. The van der Waals surface area contributed by atoms with Crippen LogP contribution in [0, 0.1) is 17.8 Å². The summed E-state index contributed by atoms with van der Waals surface area (Å²) in [4.78, 5) is 228. The third kappa shape index (κ3) is 38.8. The van der Waals surface area contributed by atoms with Gasteiger partial charge in [-0.15, -0.1) is 0 Å². The van der Waals surface area contributed by atoms with Crippen molar-refractivity contribution in [2.24, 2.45) is 67.9 Å². The summed E-state index contributed by atoms with van der Waals surface area (Å²) in [7, 11) is 0. The van der Waals surface area contributed by atoms with Gasteiger partial charge in [0.15, 0.2) is 11.9 Å². The molecule has 1 aliphatic heterocycles. The number of carboxylic acids is 3. The van der Waals surface area contributed by atoms with E-state index in [1.807, 2.05) is 27.7 Å². The number of nitrogens with one attached hydrogen (secondary N) is 12. The van der Waals surface area contributed by atoms with Gasteiger partial charge in [-0.3, -0.25) is 81.9 Å². The summed E-state index contributed by atoms with van der Waals surface area (Å²) in [6, 6.07) is -14.9. The standard InChI is InChI=1S/C75H128N22O21/c1-38(2)35-46(78)62(106)93-53(36-39(3)4)67(111)88-48(18-11-13-31-77)66(110)94-54(37-44-22-24-45(99)25-23-44)68(112)89-49(19-14-32-83-74(79)80)64(108)85-41(7)60(104)87-50(20-15-33-84-75(81)82)65(109)91-51(26-28-56(100)101)72(116)97-34-16-21-55(97)69(113)95-58(40(5)6)70(114)96-59(43(9)98)71(115)90-47(17-10-12-30-76)63(107)86-42(8)61(105)92-52(73(117)118)27-29-57(102)103/h22-25,38-43,46-55,58-59,98-99H,10-21,26-37,76-78H2,1-9H3,(H,85,108)(H,86,107)(H,87,104)(H,88,111)(H,89,112)(H,90,115)(H,91,109)(H,92,105)(H,93,106)(H,94,110)(H,95,113)(H,96,114)(H,100,101)(H,102,103)(H,117,118)(H4,79,80,83)(H4,81,82,84)/t41-,42-,43+,46-,47-,48-,49-,50-,51-,52-,53-,54-,55-,58-,59-/m0/s1. The van der Waals surface area contributed by atoms with Crippen LogP contribution in [0.25, 0.3) is 0 Å². The molecule has 2 rings (SSSR count). The lowest BCUT2D eigenvalue weighted by Gasteiger charge is -2.32. The Morgan fingerprint density at radius 2 is 0.831 bits per heavy atom. The number of hydrogen-bond acceptors (Lipinski definition) is 23. The maximum Gasteiger partial charge on any atom is 0.326 e. The number of carbonyl (C=O) groups is 16. The second kappa shape index (κ2) is 53.3. The third-order valence-electron chi connectivity index (χ3n) is 18.9. The molecular weight excluding hydrogens is 1540 g/mol. The molecule has 118 heavy (non-hydrogen) atoms. The molecule has 0 spiro atoms. The molecule has 0 bridgehead atoms. The van der Waals surface area contributed by atoms with Gasteiger partial charge in [0.25, 0.3) is 0 Å². The van der Waals surface area contributed by atoms with Crippen LogP contribution in [0.15, 0.2) is 34.3 Å². The summed E-state index contributed by atoms with van der Waals surface area (Å²) < 4.78 is 0. The Morgan fingerprint density at radius 1 is 0.441 bits per heavy atom. The van der Waals surface area contributed by atoms with Gasteiger partial charge in [0.1, 0.15) is 84.3 Å². The number of likely N-dealkylation sites (tertiary alicyclic amines) is 1. The fraction of sp³-hybridized carbons (Fsp3) is 0.680. The van der Waals surface area contributed by atoms with E-state index in [-0.39, 0.29) is 133 Å². The highest BCUT2D eigenvalue weighted by Gasteiger charge is 2.42. The van der Waals surface area contributed by atoms with Gasteiger partial charge in [0.05, 0.1) is 12.1 Å². The molecule has 43 nitrogen and oxygen atoms in total. The van der Waals surface area contributed by atoms with Crippen LogP contribution in [-0.4, -0.2) is 260 Å². The summed E-state index contributed by atoms with van der Waals surface area (Å²) in [5, 5.41) is 79.9. The smallest absolute Gasteiger partial charge is 0.326 e. The molecule has 1 aliphatic rings. The second-order valence-corrected chi connectivity index (χ2v) is 30.5. The molecule has 43 heteroatoms. The van der Waals surface area contributed by atoms with E-state index in [4.69, 9.17) is 45.2 Å². The largest absolute Gasteiger partial charge is 0.508 e. The molecule has 0 unspecified atom stereocenters. The molecule has 664 valence electrons. The Labute approximate surface area is 686 Å². The van der Waals surface area contributed by atoms with Crippen molar-refractivity contribution < 1.29 is 102 Å². The number of carbonyl (C=O) groups excluding carboxylic acids is 13. The number of phenols is 1. The van der Waals surface area contributed by atoms with E-state index in [2.05, 4.69) is 73.8 Å². The summed E-state index contributed by atoms with van der Waals surface area (Å²) >= 11 is 0. The number of benzene rings is 1. The van der Waals surface area contributed by atoms with Crippen molar-refractivity contribution in [2.45, 2.75) is 275 Å². The van der Waals surface area contributed by atoms with Crippen LogP contribution in [0.1, 0.15) is 183 Å². The quantitative estimate of drug-likeness (QED) is 0.0164. The fourth-order valence-corrected chi connectivity index (χ4v) is 12.4. The molecule has 1 fully saturated rings. The van der Waals surface area contributed by atoms with E-state index < -0.39 is 217 Å². The van der Waals surface area contributed by atoms with Gasteiger partial charge in [-0.05, 0) is 172 Å². The van der Waals surface area contributed by atoms with Crippen molar-refractivity contribution in [1.29, 1.82) is 0 Å². The molecule has 0 saturated carbocycles. The maximum absolute atomic E-state index is 14.8. The lowest BCUT2D eigenvalue weighted by Crippen LogP contribution is -2.62. The summed E-state index contributed by atoms with van der Waals surface area (Å²) in [5.74, 6) is -17.9. The first-order chi connectivity index (χ1) is 55.4. The van der Waals surface area contributed by atoms with E-state index in [1.165, 1.54) is 52.0 Å². The predicted octanol–water partition coefficient (Wildman–Crippen LogP) is -5.58. The van der Waals surface area contributed by atoms with Crippen molar-refractivity contribution in [3.05, 3.63) is 29.8 Å². The van der Waals surface area contributed by atoms with Crippen molar-refractivity contribution in [3.63, 3.8) is 0 Å². The Hall–Kier alpha value is -11.1. The van der Waals surface area contributed by atoms with Gasteiger partial charge in [-0.25, -0.2) is 4.79 Å². The first kappa shape index (κ1) is 103. The lowest BCUT2D eigenvalue weighted by molar-refractivity contribution is -0.144. The van der Waals surface area contributed by atoms with Gasteiger partial charge >= 0.3 is 17.9 Å². The fourth-order valence-electron chi connectivity index (χ4n) is 12.4. The summed E-state index contributed by atoms with van der Waals surface area (Å²) in [6.45, 7) is 14.2. The first-order valence-corrected chi connectivity index (χ1v) is 39.8. The zero-order chi connectivity index (χ0) is 89.2. The third-order valence-corrected chi connectivity index (χ3v) is 18.9. The number of aromatic hydroxyl groups is 1. The molecule has 1 aromatic rings. The number of aliphatic hydroxyl groups excluding tert-OH is 1. The number of unbranched alkanes of at least 4 members (excludes halogenated alkanes) is 2. The average Bonchev–Trinajstić information content (AvgIpc) is 1.59. The molecule has 13 amide bonds. The van der Waals surface area contributed by atoms with Gasteiger partial charge < -0.3 is 134 Å². The maximum atomic E-state index is 14.8. The molecule has 1 aromatic carbocycles. The van der Waals surface area contributed by atoms with E-state index in [9.17, 15) is 97.1 Å². The van der Waals surface area contributed by atoms with E-state index in [0.717, 1.165) is 11.8 Å². The summed E-state index contributed by atoms with van der Waals surface area (Å²) in [6.07, 6.45) is -2.84. The zero-order valence-corrected chi connectivity index (χ0v) is 68.8. The molecule has 0 aromatic heterocycles. The number of rotatable bonds is 56. The molecule has 15 atom stereocenters. The highest BCUT2D eigenvalue weighted by atomic mass is 16.4. The van der Waals surface area contributed by atoms with Crippen LogP contribution in [-0.2, 0) is 83.1 Å². The molecule has 31 N–H and O–H groups in total. The van der Waals surface area contributed by atoms with Gasteiger partial charge in [0, 0.05) is 38.9 Å². The number of carboxylic acid groups (broad SMARTS) is 3. The van der Waals surface area contributed by atoms with Crippen LogP contribution < -0.4 is 104 Å². The van der Waals surface area contributed by atoms with Gasteiger partial charge in [0.2, 0.25) is 76.8 Å². The second-order valence-electron chi connectivity index (χ2n) is 30.5. The SMILES string of the molecule is CC(C)C[C@H](NC(=O)[C@@H](N)CC(C)C)C(=O)N[C@@H](CCCCN)C(=O)N[C@@H](Cc1ccc(O)cc1)C(=O)N[C@@H](CCCN=C(N)N)C(=O)N[C@@H](C)C(=O)N[C@@H](CCCN=C(N)N)C(=O)N[C@@H](CCC(=O)O)C(=O)N1CCC[C@H]1C(=O)N[C@H](C(=O)N[C@H](C(=O)N[C@@H](CCCCN)C(=O)N[C@@H](C)C(=O)N[C@@H](CCC(=O)O)C(=O)O)[C@@H](C)O)C(C)C. The number of aliphatic imine (C=N–C) groups is 2. The number of phenolic OH excluding ortho intramolecular Hbond substituents is 1. The Bertz CT molecular complexity index is 3580. The molecule has 1 heterocycles. The number of amides is 13. The first-order valence-electron chi connectivity index (χ1n) is 39.8. The van der Waals surface area contributed by atoms with Crippen molar-refractivity contribution in [1.82, 2.24) is 68.7 Å². The number of guanidine groups is 2. The minimum atomic E-state index is -1.81. The van der Waals surface area contributed by atoms with Gasteiger partial charge in [-0.1, -0.05) is 53.7 Å². The number of hydrogen-bond donors (Lipinski definition) is 24. The van der Waals surface area contributed by atoms with Crippen LogP contribution >= 0.6 is 0 Å². The minimum Gasteiger partial charge on any atom is -0.508 e.